The van der Waals surface area contributed by atoms with E-state index in [9.17, 15) is 9.59 Å². The van der Waals surface area contributed by atoms with Gasteiger partial charge in [-0.15, -0.1) is 0 Å². The third-order valence-electron chi connectivity index (χ3n) is 2.23. The summed E-state index contributed by atoms with van der Waals surface area (Å²) in [6, 6.07) is 5.41. The minimum absolute atomic E-state index is 0.647. The zero-order valence-corrected chi connectivity index (χ0v) is 12.9. The Morgan fingerprint density at radius 3 is 2.75 bits per heavy atom. The van der Waals surface area contributed by atoms with Crippen molar-refractivity contribution in [2.45, 2.75) is 13.3 Å². The molecule has 0 fully saturated rings. The highest BCUT2D eigenvalue weighted by atomic mass is 79.9. The first kappa shape index (κ1) is 16.2. The molecule has 2 N–H and O–H groups in total. The summed E-state index contributed by atoms with van der Waals surface area (Å²) in [4.78, 5) is 22.1. The van der Waals surface area contributed by atoms with Crippen molar-refractivity contribution in [1.82, 2.24) is 10.7 Å². The SMILES string of the molecule is CCCOc1ccc(/C=N\NC(=O)C(=O)NC)cc1Br. The molecule has 0 heterocycles. The van der Waals surface area contributed by atoms with Crippen LogP contribution in [0.5, 0.6) is 5.75 Å². The second-order valence-electron chi connectivity index (χ2n) is 3.82. The molecule has 2 amide bonds. The number of benzene rings is 1. The molecule has 7 heteroatoms. The number of nitrogens with zero attached hydrogens (tertiary/aromatic N) is 1. The van der Waals surface area contributed by atoms with Gasteiger partial charge in [0.25, 0.3) is 0 Å². The van der Waals surface area contributed by atoms with Gasteiger partial charge in [-0.1, -0.05) is 6.92 Å². The van der Waals surface area contributed by atoms with Crippen molar-refractivity contribution in [3.8, 4) is 5.75 Å². The highest BCUT2D eigenvalue weighted by Crippen LogP contribution is 2.25. The van der Waals surface area contributed by atoms with E-state index in [2.05, 4.69) is 31.8 Å². The van der Waals surface area contributed by atoms with Crippen LogP contribution in [0.3, 0.4) is 0 Å². The number of likely N-dealkylation sites (N-methyl/N-ethyl adjacent to an activating group) is 1. The minimum atomic E-state index is -0.814. The monoisotopic (exact) mass is 341 g/mol. The maximum atomic E-state index is 11.1. The van der Waals surface area contributed by atoms with Crippen LogP contribution in [0.15, 0.2) is 27.8 Å². The summed E-state index contributed by atoms with van der Waals surface area (Å²) >= 11 is 3.39. The fourth-order valence-electron chi connectivity index (χ4n) is 1.26. The molecule has 0 radical (unpaired) electrons. The predicted molar refractivity (Wildman–Crippen MR) is 79.7 cm³/mol. The maximum absolute atomic E-state index is 11.1. The van der Waals surface area contributed by atoms with Crippen LogP contribution in [0.1, 0.15) is 18.9 Å². The first-order chi connectivity index (χ1) is 9.58. The summed E-state index contributed by atoms with van der Waals surface area (Å²) in [6.45, 7) is 2.68. The number of hydrazone groups is 1. The Morgan fingerprint density at radius 2 is 2.15 bits per heavy atom. The van der Waals surface area contributed by atoms with Crippen molar-refractivity contribution in [3.05, 3.63) is 28.2 Å². The number of nitrogens with one attached hydrogen (secondary N) is 2. The number of halogens is 1. The average Bonchev–Trinajstić information content (AvgIpc) is 2.45. The zero-order chi connectivity index (χ0) is 15.0. The summed E-state index contributed by atoms with van der Waals surface area (Å²) in [5, 5.41) is 5.90. The van der Waals surface area contributed by atoms with Crippen LogP contribution < -0.4 is 15.5 Å². The first-order valence-electron chi connectivity index (χ1n) is 6.06. The average molecular weight is 342 g/mol. The second kappa shape index (κ2) is 8.31. The van der Waals surface area contributed by atoms with E-state index in [1.165, 1.54) is 13.3 Å². The molecule has 0 unspecified atom stereocenters. The van der Waals surface area contributed by atoms with Crippen molar-refractivity contribution >= 4 is 34.0 Å². The second-order valence-corrected chi connectivity index (χ2v) is 4.67. The van der Waals surface area contributed by atoms with Gasteiger partial charge >= 0.3 is 11.8 Å². The minimum Gasteiger partial charge on any atom is -0.492 e. The van der Waals surface area contributed by atoms with Gasteiger partial charge in [0, 0.05) is 7.05 Å². The molecule has 20 heavy (non-hydrogen) atoms. The molecule has 0 bridgehead atoms. The van der Waals surface area contributed by atoms with E-state index in [-0.39, 0.29) is 0 Å². The number of carbonyl (C=O) groups excluding carboxylic acids is 2. The van der Waals surface area contributed by atoms with Crippen molar-refractivity contribution in [2.75, 3.05) is 13.7 Å². The first-order valence-corrected chi connectivity index (χ1v) is 6.85. The Bertz CT molecular complexity index is 518. The lowest BCUT2D eigenvalue weighted by molar-refractivity contribution is -0.138. The van der Waals surface area contributed by atoms with E-state index < -0.39 is 11.8 Å². The van der Waals surface area contributed by atoms with Crippen molar-refractivity contribution in [1.29, 1.82) is 0 Å². The van der Waals surface area contributed by atoms with Crippen molar-refractivity contribution in [3.63, 3.8) is 0 Å². The molecule has 0 saturated carbocycles. The van der Waals surface area contributed by atoms with E-state index >= 15 is 0 Å². The molecule has 0 spiro atoms. The van der Waals surface area contributed by atoms with E-state index in [0.717, 1.165) is 22.2 Å². The quantitative estimate of drug-likeness (QED) is 0.483. The molecule has 108 valence electrons. The molecule has 0 atom stereocenters. The van der Waals surface area contributed by atoms with Crippen LogP contribution in [0, 0.1) is 0 Å². The van der Waals surface area contributed by atoms with Crippen LogP contribution in [0.4, 0.5) is 0 Å². The molecule has 1 rings (SSSR count). The summed E-state index contributed by atoms with van der Waals surface area (Å²) in [7, 11) is 1.37. The van der Waals surface area contributed by atoms with E-state index in [1.54, 1.807) is 12.1 Å². The zero-order valence-electron chi connectivity index (χ0n) is 11.3. The molecule has 1 aromatic carbocycles. The lowest BCUT2D eigenvalue weighted by atomic mass is 10.2. The third kappa shape index (κ3) is 5.00. The maximum Gasteiger partial charge on any atom is 0.329 e. The van der Waals surface area contributed by atoms with Crippen molar-refractivity contribution in [2.24, 2.45) is 5.10 Å². The molecule has 0 aliphatic carbocycles. The van der Waals surface area contributed by atoms with E-state index in [1.807, 2.05) is 13.0 Å². The Labute approximate surface area is 125 Å². The van der Waals surface area contributed by atoms with Gasteiger partial charge in [-0.25, -0.2) is 5.43 Å². The highest BCUT2D eigenvalue weighted by molar-refractivity contribution is 9.10. The fraction of sp³-hybridized carbons (Fsp3) is 0.308. The summed E-state index contributed by atoms with van der Waals surface area (Å²) in [6.07, 6.45) is 2.37. The largest absolute Gasteiger partial charge is 0.492 e. The number of hydrogen-bond acceptors (Lipinski definition) is 4. The third-order valence-corrected chi connectivity index (χ3v) is 2.85. The topological polar surface area (TPSA) is 79.8 Å². The van der Waals surface area contributed by atoms with Crippen LogP contribution in [-0.4, -0.2) is 31.7 Å². The Morgan fingerprint density at radius 1 is 1.40 bits per heavy atom. The van der Waals surface area contributed by atoms with Gasteiger partial charge in [0.15, 0.2) is 0 Å². The van der Waals surface area contributed by atoms with Crippen molar-refractivity contribution < 1.29 is 14.3 Å². The number of hydrogen-bond donors (Lipinski definition) is 2. The predicted octanol–water partition coefficient (Wildman–Crippen LogP) is 1.43. The number of carbonyl (C=O) groups is 2. The van der Waals surface area contributed by atoms with Gasteiger partial charge in [-0.3, -0.25) is 9.59 Å². The van der Waals surface area contributed by atoms with Crippen LogP contribution >= 0.6 is 15.9 Å². The molecular weight excluding hydrogens is 326 g/mol. The van der Waals surface area contributed by atoms with E-state index in [0.29, 0.717) is 6.61 Å². The van der Waals surface area contributed by atoms with Crippen LogP contribution in [0.25, 0.3) is 0 Å². The smallest absolute Gasteiger partial charge is 0.329 e. The van der Waals surface area contributed by atoms with Gasteiger partial charge in [0.2, 0.25) is 0 Å². The Balaban J connectivity index is 2.62. The summed E-state index contributed by atoms with van der Waals surface area (Å²) < 4.78 is 6.31. The molecular formula is C13H16BrN3O3. The highest BCUT2D eigenvalue weighted by Gasteiger charge is 2.08. The Hall–Kier alpha value is -1.89. The lowest BCUT2D eigenvalue weighted by Gasteiger charge is -2.07. The number of rotatable bonds is 5. The molecule has 0 aliphatic heterocycles. The van der Waals surface area contributed by atoms with Gasteiger partial charge in [0.1, 0.15) is 5.75 Å². The van der Waals surface area contributed by atoms with E-state index in [4.69, 9.17) is 4.74 Å². The molecule has 6 nitrogen and oxygen atoms in total. The molecule has 0 aromatic heterocycles. The number of amides is 2. The normalized spacial score (nSPS) is 10.3. The summed E-state index contributed by atoms with van der Waals surface area (Å²) in [5.41, 5.74) is 2.88. The number of ether oxygens (including phenoxy) is 1. The van der Waals surface area contributed by atoms with Gasteiger partial charge in [-0.2, -0.15) is 5.10 Å². The summed E-state index contributed by atoms with van der Waals surface area (Å²) in [5.74, 6) is -0.809. The lowest BCUT2D eigenvalue weighted by Crippen LogP contribution is -2.35. The molecule has 0 aliphatic rings. The standard InChI is InChI=1S/C13H16BrN3O3/c1-3-6-20-11-5-4-9(7-10(11)14)8-16-17-13(19)12(18)15-2/h4-5,7-8H,3,6H2,1-2H3,(H,15,18)(H,17,19)/b16-8-. The van der Waals surface area contributed by atoms with Gasteiger partial charge < -0.3 is 10.1 Å². The van der Waals surface area contributed by atoms with Crippen LogP contribution in [0.2, 0.25) is 0 Å². The fourth-order valence-corrected chi connectivity index (χ4v) is 1.77. The van der Waals surface area contributed by atoms with Gasteiger partial charge in [-0.05, 0) is 46.1 Å². The van der Waals surface area contributed by atoms with Gasteiger partial charge in [0.05, 0.1) is 17.3 Å². The molecule has 1 aromatic rings. The molecule has 0 saturated heterocycles. The Kier molecular flexibility index (Phi) is 6.72. The van der Waals surface area contributed by atoms with Crippen LogP contribution in [-0.2, 0) is 9.59 Å².